The average Bonchev–Trinajstić information content (AvgIpc) is 3.35. The molecule has 0 amide bonds. The van der Waals surface area contributed by atoms with Crippen molar-refractivity contribution in [1.82, 2.24) is 0 Å². The van der Waals surface area contributed by atoms with Gasteiger partial charge >= 0.3 is 5.97 Å². The molecule has 0 radical (unpaired) electrons. The number of carbonyl (C=O) groups is 1. The molecule has 6 rings (SSSR count). The lowest BCUT2D eigenvalue weighted by Crippen LogP contribution is -2.67. The third-order valence-corrected chi connectivity index (χ3v) is 10.1. The molecule has 3 saturated heterocycles. The van der Waals surface area contributed by atoms with Crippen molar-refractivity contribution in [2.24, 2.45) is 22.7 Å². The fraction of sp³-hybridized carbons (Fsp3) is 0.741. The maximum absolute atomic E-state index is 12.0. The Morgan fingerprint density at radius 1 is 0.969 bits per heavy atom. The molecule has 2 saturated carbocycles. The summed E-state index contributed by atoms with van der Waals surface area (Å²) < 4.78 is 25.5. The number of cyclic esters (lactones) is 1. The molecule has 3 heterocycles. The molecule has 8 unspecified atom stereocenters. The SMILES string of the molecule is CC1CCC2C3(C)COC(c4ccccc4)OC3CCC2(C)C12CCC1(COC(=O)C1)O2. The molecule has 32 heavy (non-hydrogen) atoms. The average molecular weight is 441 g/mol. The first-order valence-electron chi connectivity index (χ1n) is 12.5. The number of carbonyl (C=O) groups excluding carboxylic acids is 1. The minimum atomic E-state index is -0.411. The number of rotatable bonds is 1. The van der Waals surface area contributed by atoms with E-state index in [2.05, 4.69) is 32.9 Å². The summed E-state index contributed by atoms with van der Waals surface area (Å²) in [6, 6.07) is 10.3. The zero-order valence-corrected chi connectivity index (χ0v) is 19.6. The van der Waals surface area contributed by atoms with Gasteiger partial charge in [-0.2, -0.15) is 0 Å². The molecule has 5 fully saturated rings. The fourth-order valence-corrected chi connectivity index (χ4v) is 8.35. The zero-order valence-electron chi connectivity index (χ0n) is 19.6. The Labute approximate surface area is 191 Å². The second-order valence-corrected chi connectivity index (χ2v) is 11.7. The molecule has 5 nitrogen and oxygen atoms in total. The topological polar surface area (TPSA) is 54.0 Å². The number of hydrogen-bond donors (Lipinski definition) is 0. The Hall–Kier alpha value is -1.43. The highest BCUT2D eigenvalue weighted by Crippen LogP contribution is 2.69. The second-order valence-electron chi connectivity index (χ2n) is 11.7. The zero-order chi connectivity index (χ0) is 22.2. The van der Waals surface area contributed by atoms with E-state index in [-0.39, 0.29) is 34.8 Å². The maximum Gasteiger partial charge on any atom is 0.308 e. The van der Waals surface area contributed by atoms with Crippen LogP contribution in [0, 0.1) is 22.7 Å². The minimum absolute atomic E-state index is 0.0352. The van der Waals surface area contributed by atoms with Crippen molar-refractivity contribution in [3.05, 3.63) is 35.9 Å². The predicted molar refractivity (Wildman–Crippen MR) is 119 cm³/mol. The minimum Gasteiger partial charge on any atom is -0.463 e. The highest BCUT2D eigenvalue weighted by Gasteiger charge is 2.70. The first kappa shape index (κ1) is 21.1. The number of ether oxygens (including phenoxy) is 4. The van der Waals surface area contributed by atoms with E-state index in [0.29, 0.717) is 31.5 Å². The van der Waals surface area contributed by atoms with Crippen LogP contribution < -0.4 is 0 Å². The highest BCUT2D eigenvalue weighted by atomic mass is 16.7. The van der Waals surface area contributed by atoms with E-state index in [0.717, 1.165) is 37.7 Å². The summed E-state index contributed by atoms with van der Waals surface area (Å²) in [7, 11) is 0. The van der Waals surface area contributed by atoms with Gasteiger partial charge in [0.2, 0.25) is 0 Å². The Morgan fingerprint density at radius 3 is 2.53 bits per heavy atom. The van der Waals surface area contributed by atoms with Crippen molar-refractivity contribution >= 4 is 5.97 Å². The summed E-state index contributed by atoms with van der Waals surface area (Å²) in [4.78, 5) is 12.0. The predicted octanol–water partition coefficient (Wildman–Crippen LogP) is 5.19. The Bertz CT molecular complexity index is 903. The van der Waals surface area contributed by atoms with Gasteiger partial charge < -0.3 is 18.9 Å². The van der Waals surface area contributed by atoms with Crippen molar-refractivity contribution in [3.8, 4) is 0 Å². The van der Waals surface area contributed by atoms with Crippen LogP contribution in [0.5, 0.6) is 0 Å². The van der Waals surface area contributed by atoms with E-state index in [1.165, 1.54) is 6.42 Å². The van der Waals surface area contributed by atoms with Crippen LogP contribution in [0.2, 0.25) is 0 Å². The molecule has 0 aromatic heterocycles. The molecule has 5 heteroatoms. The van der Waals surface area contributed by atoms with Gasteiger partial charge in [-0.15, -0.1) is 0 Å². The molecule has 2 spiro atoms. The van der Waals surface area contributed by atoms with Gasteiger partial charge in [-0.1, -0.05) is 51.1 Å². The summed E-state index contributed by atoms with van der Waals surface area (Å²) in [5.41, 5.74) is 0.493. The van der Waals surface area contributed by atoms with Crippen LogP contribution in [0.1, 0.15) is 77.6 Å². The van der Waals surface area contributed by atoms with E-state index in [1.807, 2.05) is 18.2 Å². The molecule has 2 aliphatic carbocycles. The molecular weight excluding hydrogens is 404 g/mol. The van der Waals surface area contributed by atoms with Crippen LogP contribution in [-0.4, -0.2) is 36.5 Å². The van der Waals surface area contributed by atoms with Crippen LogP contribution in [0.4, 0.5) is 0 Å². The summed E-state index contributed by atoms with van der Waals surface area (Å²) in [5, 5.41) is 0. The Balaban J connectivity index is 1.30. The first-order chi connectivity index (χ1) is 15.3. The smallest absolute Gasteiger partial charge is 0.308 e. The van der Waals surface area contributed by atoms with E-state index >= 15 is 0 Å². The van der Waals surface area contributed by atoms with Crippen LogP contribution in [0.25, 0.3) is 0 Å². The molecule has 1 aromatic carbocycles. The van der Waals surface area contributed by atoms with Crippen molar-refractivity contribution < 1.29 is 23.7 Å². The van der Waals surface area contributed by atoms with Gasteiger partial charge in [0.05, 0.1) is 24.7 Å². The fourth-order valence-electron chi connectivity index (χ4n) is 8.35. The Morgan fingerprint density at radius 2 is 1.78 bits per heavy atom. The third kappa shape index (κ3) is 2.77. The van der Waals surface area contributed by atoms with E-state index in [4.69, 9.17) is 18.9 Å². The number of hydrogen-bond acceptors (Lipinski definition) is 5. The number of fused-ring (bicyclic) bond motifs is 4. The van der Waals surface area contributed by atoms with E-state index in [9.17, 15) is 4.79 Å². The quantitative estimate of drug-likeness (QED) is 0.563. The molecule has 0 N–H and O–H groups in total. The highest BCUT2D eigenvalue weighted by molar-refractivity contribution is 5.73. The second kappa shape index (κ2) is 7.04. The number of esters is 1. The maximum atomic E-state index is 12.0. The van der Waals surface area contributed by atoms with Gasteiger partial charge in [-0.3, -0.25) is 4.79 Å². The molecule has 1 aromatic rings. The summed E-state index contributed by atoms with van der Waals surface area (Å²) in [5.74, 6) is 0.834. The molecule has 174 valence electrons. The molecule has 5 aliphatic rings. The lowest BCUT2D eigenvalue weighted by atomic mass is 9.43. The summed E-state index contributed by atoms with van der Waals surface area (Å²) in [6.07, 6.45) is 6.72. The lowest BCUT2D eigenvalue weighted by Gasteiger charge is -2.66. The third-order valence-electron chi connectivity index (χ3n) is 10.1. The normalized spacial score (nSPS) is 50.3. The van der Waals surface area contributed by atoms with Crippen LogP contribution in [0.15, 0.2) is 30.3 Å². The summed E-state index contributed by atoms with van der Waals surface area (Å²) in [6.45, 7) is 8.36. The van der Waals surface area contributed by atoms with Crippen molar-refractivity contribution in [3.63, 3.8) is 0 Å². The molecular formula is C27H36O5. The largest absolute Gasteiger partial charge is 0.463 e. The van der Waals surface area contributed by atoms with Crippen molar-refractivity contribution in [1.29, 1.82) is 0 Å². The van der Waals surface area contributed by atoms with Gasteiger partial charge in [-0.05, 0) is 50.4 Å². The van der Waals surface area contributed by atoms with Gasteiger partial charge in [0, 0.05) is 16.4 Å². The van der Waals surface area contributed by atoms with Gasteiger partial charge in [-0.25, -0.2) is 0 Å². The molecule has 0 bridgehead atoms. The van der Waals surface area contributed by atoms with Crippen LogP contribution >= 0.6 is 0 Å². The monoisotopic (exact) mass is 440 g/mol. The number of benzene rings is 1. The Kier molecular flexibility index (Phi) is 4.65. The lowest BCUT2D eigenvalue weighted by molar-refractivity contribution is -0.331. The van der Waals surface area contributed by atoms with Crippen molar-refractivity contribution in [2.75, 3.05) is 13.2 Å². The van der Waals surface area contributed by atoms with Gasteiger partial charge in [0.25, 0.3) is 0 Å². The standard InChI is InChI=1S/C27H36O5/c1-18-9-10-20-24(2)16-30-23(19-7-5-4-6-8-19)31-21(24)11-12-25(20,3)27(18)14-13-26(32-27)15-22(28)29-17-26/h4-8,18,20-21,23H,9-17H2,1-3H3. The van der Waals surface area contributed by atoms with Gasteiger partial charge in [0.15, 0.2) is 6.29 Å². The van der Waals surface area contributed by atoms with Crippen molar-refractivity contribution in [2.45, 2.75) is 89.3 Å². The van der Waals surface area contributed by atoms with E-state index in [1.54, 1.807) is 0 Å². The molecule has 8 atom stereocenters. The van der Waals surface area contributed by atoms with E-state index < -0.39 is 5.60 Å². The van der Waals surface area contributed by atoms with Crippen LogP contribution in [0.3, 0.4) is 0 Å². The van der Waals surface area contributed by atoms with Crippen LogP contribution in [-0.2, 0) is 23.7 Å². The van der Waals surface area contributed by atoms with Gasteiger partial charge in [0.1, 0.15) is 12.2 Å². The summed E-state index contributed by atoms with van der Waals surface area (Å²) >= 11 is 0. The molecule has 3 aliphatic heterocycles. The first-order valence-corrected chi connectivity index (χ1v) is 12.5.